The van der Waals surface area contributed by atoms with E-state index in [9.17, 15) is 9.90 Å². The van der Waals surface area contributed by atoms with Gasteiger partial charge in [0.25, 0.3) is 0 Å². The molecule has 1 heterocycles. The number of rotatable bonds is 6. The lowest BCUT2D eigenvalue weighted by molar-refractivity contribution is -0.115. The van der Waals surface area contributed by atoms with Crippen LogP contribution in [-0.4, -0.2) is 16.8 Å². The van der Waals surface area contributed by atoms with Gasteiger partial charge in [-0.2, -0.15) is 0 Å². The van der Waals surface area contributed by atoms with Gasteiger partial charge in [0.2, 0.25) is 5.91 Å². The highest BCUT2D eigenvalue weighted by atomic mass is 35.5. The van der Waals surface area contributed by atoms with Gasteiger partial charge < -0.3 is 15.7 Å². The molecule has 7 heteroatoms. The van der Waals surface area contributed by atoms with Crippen LogP contribution in [0.1, 0.15) is 58.3 Å². The average Bonchev–Trinajstić information content (AvgIpc) is 3.31. The van der Waals surface area contributed by atoms with Gasteiger partial charge in [-0.05, 0) is 105 Å². The van der Waals surface area contributed by atoms with Crippen molar-refractivity contribution in [1.29, 1.82) is 0 Å². The highest BCUT2D eigenvalue weighted by molar-refractivity contribution is 6.31. The summed E-state index contributed by atoms with van der Waals surface area (Å²) in [5.74, 6) is -0.574. The molecule has 8 rings (SSSR count). The van der Waals surface area contributed by atoms with Crippen LogP contribution in [0.2, 0.25) is 5.02 Å². The van der Waals surface area contributed by atoms with Crippen LogP contribution in [0.3, 0.4) is 0 Å². The van der Waals surface area contributed by atoms with E-state index in [-0.39, 0.29) is 24.0 Å². The van der Waals surface area contributed by atoms with Gasteiger partial charge >= 0.3 is 0 Å². The number of ketones is 1. The summed E-state index contributed by atoms with van der Waals surface area (Å²) in [5, 5.41) is 15.9. The van der Waals surface area contributed by atoms with Crippen molar-refractivity contribution in [2.24, 2.45) is 5.73 Å². The number of fused-ring (bicyclic) bond motifs is 5. The molecule has 0 fully saturated rings. The largest absolute Gasteiger partial charge is 0.507 e. The number of benzene rings is 5. The molecule has 5 aromatic rings. The zero-order valence-corrected chi connectivity index (χ0v) is 28.9. The van der Waals surface area contributed by atoms with Crippen LogP contribution < -0.4 is 26.0 Å². The number of aliphatic hydroxyl groups is 1. The molecule has 0 saturated heterocycles. The third kappa shape index (κ3) is 5.57. The number of carbonyl (C=O) groups is 2. The van der Waals surface area contributed by atoms with E-state index in [1.165, 1.54) is 12.1 Å². The number of aliphatic hydroxyl groups excluding tert-OH is 1. The molecule has 0 bridgehead atoms. The number of hydrogen-bond acceptors (Lipinski definition) is 5. The number of nitrogens with zero attached hydrogens (tertiary/aromatic N) is 2. The van der Waals surface area contributed by atoms with Gasteiger partial charge in [-0.25, -0.2) is 0 Å². The van der Waals surface area contributed by atoms with Crippen molar-refractivity contribution >= 4 is 57.9 Å². The minimum atomic E-state index is -0.468. The van der Waals surface area contributed by atoms with Gasteiger partial charge in [0.15, 0.2) is 5.78 Å². The lowest BCUT2D eigenvalue weighted by Gasteiger charge is -2.33. The number of nitrogens with two attached hydrogens (primary N) is 1. The molecule has 0 spiro atoms. The molecule has 5 aromatic carbocycles. The third-order valence-electron chi connectivity index (χ3n) is 10.2. The Morgan fingerprint density at radius 1 is 0.902 bits per heavy atom. The maximum Gasteiger partial charge on any atom is 0.228 e. The quantitative estimate of drug-likeness (QED) is 0.177. The second-order valence-electron chi connectivity index (χ2n) is 13.1. The predicted octanol–water partition coefficient (Wildman–Crippen LogP) is 7.91. The van der Waals surface area contributed by atoms with E-state index in [1.807, 2.05) is 72.9 Å². The summed E-state index contributed by atoms with van der Waals surface area (Å²) in [4.78, 5) is 32.3. The summed E-state index contributed by atoms with van der Waals surface area (Å²) in [7, 11) is 0. The van der Waals surface area contributed by atoms with E-state index >= 15 is 4.79 Å². The molecule has 3 aliphatic rings. The Balaban J connectivity index is 1.36. The Bertz CT molecular complexity index is 2560. The van der Waals surface area contributed by atoms with Crippen LogP contribution in [-0.2, 0) is 17.8 Å². The molecular formula is C44H36ClN3O3. The Kier molecular flexibility index (Phi) is 8.42. The highest BCUT2D eigenvalue weighted by Gasteiger charge is 2.34. The molecule has 3 N–H and O–H groups in total. The fourth-order valence-electron chi connectivity index (χ4n) is 7.98. The summed E-state index contributed by atoms with van der Waals surface area (Å²) < 4.78 is 0. The van der Waals surface area contributed by atoms with Crippen LogP contribution in [0.4, 0.5) is 17.1 Å². The molecule has 1 atom stereocenters. The molecule has 6 nitrogen and oxygen atoms in total. The van der Waals surface area contributed by atoms with E-state index in [0.29, 0.717) is 46.8 Å². The van der Waals surface area contributed by atoms with E-state index < -0.39 is 5.92 Å². The first-order valence-electron chi connectivity index (χ1n) is 17.2. The van der Waals surface area contributed by atoms with Crippen LogP contribution >= 0.6 is 11.6 Å². The Hall–Kier alpha value is -5.69. The second kappa shape index (κ2) is 13.2. The minimum absolute atomic E-state index is 0.0347. The predicted molar refractivity (Wildman–Crippen MR) is 205 cm³/mol. The summed E-state index contributed by atoms with van der Waals surface area (Å²) in [5.41, 5.74) is 13.2. The van der Waals surface area contributed by atoms with Crippen LogP contribution in [0, 0.1) is 10.4 Å². The number of anilines is 3. The van der Waals surface area contributed by atoms with Crippen molar-refractivity contribution in [3.8, 4) is 0 Å². The van der Waals surface area contributed by atoms with Gasteiger partial charge in [-0.1, -0.05) is 84.4 Å². The number of para-hydroxylation sites is 2. The van der Waals surface area contributed by atoms with Crippen LogP contribution in [0.5, 0.6) is 0 Å². The van der Waals surface area contributed by atoms with E-state index in [2.05, 4.69) is 47.4 Å². The maximum absolute atomic E-state index is 15.2. The molecule has 51 heavy (non-hydrogen) atoms. The first-order chi connectivity index (χ1) is 24.9. The zero-order chi connectivity index (χ0) is 35.2. The first-order valence-corrected chi connectivity index (χ1v) is 17.6. The molecule has 2 aliphatic carbocycles. The second-order valence-corrected chi connectivity index (χ2v) is 13.5. The summed E-state index contributed by atoms with van der Waals surface area (Å²) in [6, 6.07) is 33.2. The fourth-order valence-corrected chi connectivity index (χ4v) is 8.15. The standard InChI is InChI=1S/C44H36ClN3O3/c1-27(49)48(38-13-6-3-10-29(38)26-46)41-14-7-5-12-35(41)44(51)36-21-23-39(47-24-8-15-42(50)37-25-30(45)17-22-40(37)47)34-20-19-32-31-11-4-2-9-28(31)16-18-33(32)43(34)36/h2-17,19-20,22,24-25,36,50H,18,21,23,26,46H2,1H3. The Morgan fingerprint density at radius 3 is 2.47 bits per heavy atom. The number of Topliss-reactive ketones (excluding diaryl/α,β-unsaturated/α-hetero) is 1. The molecule has 0 aromatic heterocycles. The summed E-state index contributed by atoms with van der Waals surface area (Å²) in [6.45, 7) is 1.77. The van der Waals surface area contributed by atoms with E-state index in [0.717, 1.165) is 43.7 Å². The van der Waals surface area contributed by atoms with Crippen molar-refractivity contribution in [2.75, 3.05) is 9.80 Å². The number of halogens is 1. The molecular weight excluding hydrogens is 654 g/mol. The van der Waals surface area contributed by atoms with Gasteiger partial charge in [-0.15, -0.1) is 0 Å². The highest BCUT2D eigenvalue weighted by Crippen LogP contribution is 2.41. The van der Waals surface area contributed by atoms with Crippen molar-refractivity contribution in [3.05, 3.63) is 175 Å². The molecule has 1 unspecified atom stereocenters. The van der Waals surface area contributed by atoms with Gasteiger partial charge in [0, 0.05) is 47.4 Å². The van der Waals surface area contributed by atoms with E-state index in [4.69, 9.17) is 17.3 Å². The molecule has 1 amide bonds. The maximum atomic E-state index is 15.2. The number of amides is 1. The van der Waals surface area contributed by atoms with Crippen molar-refractivity contribution in [3.63, 3.8) is 0 Å². The SMILES string of the molecule is CC(=O)N(c1ccccc1CN)c1ccccc1C(=O)C1CCC(N2C=CC=C(O)c3cc(Cl)ccc32)=c2ccc3c(c21)CC=c1ccccc1=3. The summed E-state index contributed by atoms with van der Waals surface area (Å²) in [6.07, 6.45) is 9.56. The normalized spacial score (nSPS) is 15.7. The van der Waals surface area contributed by atoms with Gasteiger partial charge in [-0.3, -0.25) is 14.5 Å². The Labute approximate surface area is 301 Å². The zero-order valence-electron chi connectivity index (χ0n) is 28.1. The van der Waals surface area contributed by atoms with Gasteiger partial charge in [0.1, 0.15) is 5.76 Å². The molecule has 0 radical (unpaired) electrons. The Morgan fingerprint density at radius 2 is 1.65 bits per heavy atom. The fraction of sp³-hybridized carbons (Fsp3) is 0.136. The lowest BCUT2D eigenvalue weighted by Crippen LogP contribution is -2.35. The molecule has 252 valence electrons. The van der Waals surface area contributed by atoms with Crippen LogP contribution in [0.25, 0.3) is 17.5 Å². The lowest BCUT2D eigenvalue weighted by atomic mass is 9.77. The first kappa shape index (κ1) is 32.5. The number of allylic oxidation sites excluding steroid dienone is 2. The van der Waals surface area contributed by atoms with Crippen molar-refractivity contribution in [2.45, 2.75) is 38.6 Å². The molecule has 1 aliphatic heterocycles. The monoisotopic (exact) mass is 689 g/mol. The summed E-state index contributed by atoms with van der Waals surface area (Å²) >= 11 is 6.40. The van der Waals surface area contributed by atoms with Gasteiger partial charge in [0.05, 0.1) is 17.1 Å². The van der Waals surface area contributed by atoms with Crippen molar-refractivity contribution < 1.29 is 14.7 Å². The minimum Gasteiger partial charge on any atom is -0.507 e. The number of carbonyl (C=O) groups excluding carboxylic acids is 2. The van der Waals surface area contributed by atoms with Crippen molar-refractivity contribution in [1.82, 2.24) is 0 Å². The molecule has 0 saturated carbocycles. The van der Waals surface area contributed by atoms with Crippen LogP contribution in [0.15, 0.2) is 121 Å². The smallest absolute Gasteiger partial charge is 0.228 e. The third-order valence-corrected chi connectivity index (χ3v) is 10.5. The number of hydrogen-bond donors (Lipinski definition) is 2. The average molecular weight is 690 g/mol. The van der Waals surface area contributed by atoms with E-state index in [1.54, 1.807) is 17.0 Å². The topological polar surface area (TPSA) is 86.9 Å².